The number of imidazole rings is 1. The zero-order valence-electron chi connectivity index (χ0n) is 15.2. The molecule has 0 radical (unpaired) electrons. The van der Waals surface area contributed by atoms with Gasteiger partial charge < -0.3 is 9.64 Å². The molecule has 0 spiro atoms. The number of piperidine rings is 1. The average Bonchev–Trinajstić information content (AvgIpc) is 3.16. The predicted octanol–water partition coefficient (Wildman–Crippen LogP) is 2.11. The smallest absolute Gasteiger partial charge is 0.354 e. The van der Waals surface area contributed by atoms with Gasteiger partial charge in [0.1, 0.15) is 12.7 Å². The second-order valence-corrected chi connectivity index (χ2v) is 6.51. The number of hydrogen-bond acceptors (Lipinski definition) is 8. The summed E-state index contributed by atoms with van der Waals surface area (Å²) in [7, 11) is 1.37. The van der Waals surface area contributed by atoms with Gasteiger partial charge in [0.15, 0.2) is 0 Å². The molecule has 4 rings (SSSR count). The quantitative estimate of drug-likeness (QED) is 0.383. The van der Waals surface area contributed by atoms with Crippen molar-refractivity contribution in [3.05, 3.63) is 47.0 Å². The van der Waals surface area contributed by atoms with Gasteiger partial charge >= 0.3 is 11.7 Å². The van der Waals surface area contributed by atoms with E-state index in [1.807, 2.05) is 29.2 Å². The number of rotatable bonds is 4. The summed E-state index contributed by atoms with van der Waals surface area (Å²) in [5.41, 5.74) is 1.26. The molecule has 28 heavy (non-hydrogen) atoms. The molecule has 2 aromatic heterocycles. The number of para-hydroxylation sites is 2. The summed E-state index contributed by atoms with van der Waals surface area (Å²) in [6, 6.07) is 7.35. The number of ether oxygens (including phenoxy) is 1. The fourth-order valence-electron chi connectivity index (χ4n) is 3.55. The molecule has 0 amide bonds. The number of fused-ring (bicyclic) bond motifs is 1. The van der Waals surface area contributed by atoms with Crippen molar-refractivity contribution in [3.63, 3.8) is 0 Å². The molecule has 1 aromatic carbocycles. The zero-order chi connectivity index (χ0) is 19.7. The Balaban J connectivity index is 1.73. The maximum atomic E-state index is 11.9. The Kier molecular flexibility index (Phi) is 4.60. The van der Waals surface area contributed by atoms with Crippen LogP contribution in [0.4, 0.5) is 11.5 Å². The molecule has 0 saturated carbocycles. The van der Waals surface area contributed by atoms with Gasteiger partial charge in [-0.3, -0.25) is 19.5 Å². The third-order valence-corrected chi connectivity index (χ3v) is 4.98. The van der Waals surface area contributed by atoms with Crippen LogP contribution in [0.25, 0.3) is 16.9 Å². The van der Waals surface area contributed by atoms with Crippen LogP contribution in [0.5, 0.6) is 0 Å². The first-order valence-corrected chi connectivity index (χ1v) is 8.84. The van der Waals surface area contributed by atoms with Gasteiger partial charge in [-0.15, -0.1) is 0 Å². The van der Waals surface area contributed by atoms with Crippen LogP contribution in [0.15, 0.2) is 36.9 Å². The van der Waals surface area contributed by atoms with E-state index >= 15 is 0 Å². The van der Waals surface area contributed by atoms with Gasteiger partial charge in [0.05, 0.1) is 29.0 Å². The van der Waals surface area contributed by atoms with Crippen molar-refractivity contribution in [3.8, 4) is 5.82 Å². The lowest BCUT2D eigenvalue weighted by Crippen LogP contribution is -2.37. The lowest BCUT2D eigenvalue weighted by molar-refractivity contribution is -0.384. The molecule has 0 unspecified atom stereocenters. The van der Waals surface area contributed by atoms with Crippen molar-refractivity contribution in [2.75, 3.05) is 25.1 Å². The summed E-state index contributed by atoms with van der Waals surface area (Å²) in [4.78, 5) is 37.7. The van der Waals surface area contributed by atoms with E-state index in [1.165, 1.54) is 19.8 Å². The highest BCUT2D eigenvalue weighted by molar-refractivity contribution is 5.79. The summed E-state index contributed by atoms with van der Waals surface area (Å²) in [5, 5.41) is 11.9. The molecule has 3 aromatic rings. The van der Waals surface area contributed by atoms with Crippen LogP contribution in [0, 0.1) is 16.0 Å². The topological polar surface area (TPSA) is 116 Å². The van der Waals surface area contributed by atoms with Crippen molar-refractivity contribution in [2.24, 2.45) is 5.92 Å². The summed E-state index contributed by atoms with van der Waals surface area (Å²) < 4.78 is 6.40. The minimum Gasteiger partial charge on any atom is -0.469 e. The molecular weight excluding hydrogens is 364 g/mol. The molecule has 3 heterocycles. The van der Waals surface area contributed by atoms with Gasteiger partial charge in [-0.25, -0.2) is 15.0 Å². The number of nitrogens with zero attached hydrogens (tertiary/aromatic N) is 6. The summed E-state index contributed by atoms with van der Waals surface area (Å²) in [5.74, 6) is -0.0310. The lowest BCUT2D eigenvalue weighted by atomic mass is 9.97. The van der Waals surface area contributed by atoms with E-state index in [0.29, 0.717) is 25.9 Å². The first-order valence-electron chi connectivity index (χ1n) is 8.84. The second kappa shape index (κ2) is 7.22. The van der Waals surface area contributed by atoms with E-state index < -0.39 is 4.92 Å². The summed E-state index contributed by atoms with van der Waals surface area (Å²) in [6.07, 6.45) is 3.94. The molecule has 10 heteroatoms. The van der Waals surface area contributed by atoms with E-state index in [1.54, 1.807) is 4.57 Å². The second-order valence-electron chi connectivity index (χ2n) is 6.51. The van der Waals surface area contributed by atoms with Gasteiger partial charge in [0.2, 0.25) is 11.6 Å². The van der Waals surface area contributed by atoms with Gasteiger partial charge in [0, 0.05) is 13.1 Å². The van der Waals surface area contributed by atoms with Crippen molar-refractivity contribution in [2.45, 2.75) is 12.8 Å². The lowest BCUT2D eigenvalue weighted by Gasteiger charge is -2.31. The number of methoxy groups -OCH3 is 1. The first kappa shape index (κ1) is 17.8. The van der Waals surface area contributed by atoms with Crippen LogP contribution >= 0.6 is 0 Å². The SMILES string of the molecule is COC(=O)C1CCN(c2ncnc(-n3cnc4ccccc43)c2[N+](=O)[O-])CC1. The van der Waals surface area contributed by atoms with Crippen molar-refractivity contribution in [1.82, 2.24) is 19.5 Å². The van der Waals surface area contributed by atoms with Crippen molar-refractivity contribution < 1.29 is 14.5 Å². The van der Waals surface area contributed by atoms with Crippen LogP contribution in [-0.2, 0) is 9.53 Å². The highest BCUT2D eigenvalue weighted by atomic mass is 16.6. The van der Waals surface area contributed by atoms with E-state index in [4.69, 9.17) is 4.74 Å². The van der Waals surface area contributed by atoms with E-state index in [2.05, 4.69) is 15.0 Å². The highest BCUT2D eigenvalue weighted by Crippen LogP contribution is 2.34. The van der Waals surface area contributed by atoms with Crippen molar-refractivity contribution >= 4 is 28.5 Å². The maximum absolute atomic E-state index is 11.9. The van der Waals surface area contributed by atoms with Crippen molar-refractivity contribution in [1.29, 1.82) is 0 Å². The average molecular weight is 382 g/mol. The van der Waals surface area contributed by atoms with E-state index in [0.717, 1.165) is 11.0 Å². The van der Waals surface area contributed by atoms with Crippen LogP contribution in [0.2, 0.25) is 0 Å². The molecule has 1 saturated heterocycles. The highest BCUT2D eigenvalue weighted by Gasteiger charge is 2.32. The fourth-order valence-corrected chi connectivity index (χ4v) is 3.55. The molecule has 10 nitrogen and oxygen atoms in total. The number of aromatic nitrogens is 4. The van der Waals surface area contributed by atoms with Gasteiger partial charge in [0.25, 0.3) is 0 Å². The summed E-state index contributed by atoms with van der Waals surface area (Å²) in [6.45, 7) is 0.948. The number of hydrogen-bond donors (Lipinski definition) is 0. The number of anilines is 1. The minimum absolute atomic E-state index is 0.166. The fraction of sp³-hybridized carbons (Fsp3) is 0.333. The Morgan fingerprint density at radius 3 is 2.61 bits per heavy atom. The monoisotopic (exact) mass is 382 g/mol. The molecule has 1 fully saturated rings. The van der Waals surface area contributed by atoms with Gasteiger partial charge in [-0.2, -0.15) is 0 Å². The molecule has 1 aliphatic rings. The zero-order valence-corrected chi connectivity index (χ0v) is 15.2. The standard InChI is InChI=1S/C18H18N6O4/c1-28-18(25)12-6-8-22(9-7-12)16-15(24(26)27)17(20-10-19-16)23-11-21-13-4-2-3-5-14(13)23/h2-5,10-12H,6-9H2,1H3. The maximum Gasteiger partial charge on any atom is 0.354 e. The third-order valence-electron chi connectivity index (χ3n) is 4.98. The van der Waals surface area contributed by atoms with Crippen LogP contribution in [0.1, 0.15) is 12.8 Å². The van der Waals surface area contributed by atoms with Crippen LogP contribution in [0.3, 0.4) is 0 Å². The Bertz CT molecular complexity index is 1040. The molecule has 0 atom stereocenters. The molecular formula is C18H18N6O4. The predicted molar refractivity (Wildman–Crippen MR) is 100 cm³/mol. The van der Waals surface area contributed by atoms with Crippen LogP contribution < -0.4 is 4.90 Å². The third kappa shape index (κ3) is 3.02. The number of carbonyl (C=O) groups excluding carboxylic acids is 1. The van der Waals surface area contributed by atoms with E-state index in [9.17, 15) is 14.9 Å². The normalized spacial score (nSPS) is 15.0. The molecule has 1 aliphatic heterocycles. The largest absolute Gasteiger partial charge is 0.469 e. The number of carbonyl (C=O) groups is 1. The summed E-state index contributed by atoms with van der Waals surface area (Å²) >= 11 is 0. The molecule has 144 valence electrons. The van der Waals surface area contributed by atoms with Gasteiger partial charge in [-0.05, 0) is 25.0 Å². The Morgan fingerprint density at radius 2 is 1.89 bits per heavy atom. The number of esters is 1. The Labute approximate surface area is 159 Å². The minimum atomic E-state index is -0.466. The number of nitro groups is 1. The Hall–Kier alpha value is -3.56. The van der Waals surface area contributed by atoms with Crippen LogP contribution in [-0.4, -0.2) is 50.6 Å². The Morgan fingerprint density at radius 1 is 1.18 bits per heavy atom. The molecule has 0 aliphatic carbocycles. The molecule has 0 N–H and O–H groups in total. The van der Waals surface area contributed by atoms with Gasteiger partial charge in [-0.1, -0.05) is 12.1 Å². The first-order chi connectivity index (χ1) is 13.6. The molecule has 0 bridgehead atoms. The van der Waals surface area contributed by atoms with E-state index in [-0.39, 0.29) is 29.2 Å². The number of benzene rings is 1.